The van der Waals surface area contributed by atoms with Gasteiger partial charge in [0.2, 0.25) is 0 Å². The second-order valence-corrected chi connectivity index (χ2v) is 6.75. The normalized spacial score (nSPS) is 21.0. The molecule has 2 atom stereocenters. The average Bonchev–Trinajstić information content (AvgIpc) is 3.30. The topological polar surface area (TPSA) is 12.4 Å². The van der Waals surface area contributed by atoms with E-state index in [0.717, 1.165) is 12.8 Å². The monoisotopic (exact) mass is 307 g/mol. The highest BCUT2D eigenvalue weighted by molar-refractivity contribution is 5.84. The van der Waals surface area contributed by atoms with E-state index in [4.69, 9.17) is 4.99 Å². The fraction of sp³-hybridized carbons (Fsp3) is 0.409. The Balaban J connectivity index is 1.94. The maximum absolute atomic E-state index is 4.93. The molecule has 2 rings (SSSR count). The van der Waals surface area contributed by atoms with Crippen molar-refractivity contribution in [3.63, 3.8) is 0 Å². The number of aliphatic imine (C=N–C) groups is 1. The third-order valence-corrected chi connectivity index (χ3v) is 4.71. The predicted molar refractivity (Wildman–Crippen MR) is 103 cm³/mol. The van der Waals surface area contributed by atoms with Crippen LogP contribution in [0.5, 0.6) is 0 Å². The van der Waals surface area contributed by atoms with Gasteiger partial charge in [0.25, 0.3) is 0 Å². The zero-order chi connectivity index (χ0) is 16.8. The number of hydrogen-bond donors (Lipinski definition) is 0. The molecule has 0 radical (unpaired) electrons. The van der Waals surface area contributed by atoms with Crippen molar-refractivity contribution in [2.45, 2.75) is 53.0 Å². The minimum absolute atomic E-state index is 0.522. The standard InChI is InChI=1S/C22H29N/c1-6-10-19(20-11-8-7-9-12-20)14-13-17(4)23-22-15-21(22)18(5)16(2)3/h6-12,21-22H,1,13-15H2,2-5H3/b19-10+,23-17+. The van der Waals surface area contributed by atoms with Crippen molar-refractivity contribution in [3.05, 3.63) is 65.8 Å². The Kier molecular flexibility index (Phi) is 6.15. The van der Waals surface area contributed by atoms with Crippen LogP contribution in [0.15, 0.2) is 65.2 Å². The zero-order valence-electron chi connectivity index (χ0n) is 15.0. The summed E-state index contributed by atoms with van der Waals surface area (Å²) in [6.07, 6.45) is 7.26. The van der Waals surface area contributed by atoms with Crippen LogP contribution in [0.3, 0.4) is 0 Å². The molecule has 0 saturated heterocycles. The van der Waals surface area contributed by atoms with Crippen molar-refractivity contribution >= 4 is 11.3 Å². The molecule has 0 aromatic heterocycles. The summed E-state index contributed by atoms with van der Waals surface area (Å²) in [6, 6.07) is 11.1. The molecule has 122 valence electrons. The van der Waals surface area contributed by atoms with Crippen molar-refractivity contribution in [3.8, 4) is 0 Å². The van der Waals surface area contributed by atoms with E-state index in [1.807, 2.05) is 6.08 Å². The van der Waals surface area contributed by atoms with Gasteiger partial charge in [-0.15, -0.1) is 0 Å². The molecule has 23 heavy (non-hydrogen) atoms. The molecule has 1 fully saturated rings. The van der Waals surface area contributed by atoms with Crippen LogP contribution in [0.2, 0.25) is 0 Å². The van der Waals surface area contributed by atoms with Gasteiger partial charge in [-0.2, -0.15) is 0 Å². The first-order chi connectivity index (χ1) is 11.0. The molecule has 1 aromatic rings. The lowest BCUT2D eigenvalue weighted by Crippen LogP contribution is -1.98. The molecular formula is C22H29N. The summed E-state index contributed by atoms with van der Waals surface area (Å²) in [5.74, 6) is 0.687. The smallest absolute Gasteiger partial charge is 0.0571 e. The van der Waals surface area contributed by atoms with E-state index >= 15 is 0 Å². The van der Waals surface area contributed by atoms with Gasteiger partial charge >= 0.3 is 0 Å². The van der Waals surface area contributed by atoms with E-state index in [1.54, 1.807) is 0 Å². The SMILES string of the molecule is C=C/C=C(\CC/C(C)=N/C1CC1C(C)=C(C)C)c1ccccc1. The number of rotatable bonds is 7. The van der Waals surface area contributed by atoms with Gasteiger partial charge in [0.1, 0.15) is 0 Å². The van der Waals surface area contributed by atoms with Crippen LogP contribution in [0.25, 0.3) is 5.57 Å². The summed E-state index contributed by atoms with van der Waals surface area (Å²) in [4.78, 5) is 4.93. The molecule has 1 saturated carbocycles. The van der Waals surface area contributed by atoms with E-state index in [0.29, 0.717) is 12.0 Å². The molecule has 0 aliphatic heterocycles. The van der Waals surface area contributed by atoms with Crippen molar-refractivity contribution in [1.82, 2.24) is 0 Å². The van der Waals surface area contributed by atoms with Crippen molar-refractivity contribution in [2.24, 2.45) is 10.9 Å². The Morgan fingerprint density at radius 1 is 1.13 bits per heavy atom. The van der Waals surface area contributed by atoms with Gasteiger partial charge in [-0.1, -0.05) is 60.2 Å². The van der Waals surface area contributed by atoms with E-state index in [2.05, 4.69) is 70.7 Å². The largest absolute Gasteiger partial charge is 0.290 e. The maximum atomic E-state index is 4.93. The summed E-state index contributed by atoms with van der Waals surface area (Å²) in [6.45, 7) is 12.7. The fourth-order valence-corrected chi connectivity index (χ4v) is 2.94. The highest BCUT2D eigenvalue weighted by Crippen LogP contribution is 2.41. The second-order valence-electron chi connectivity index (χ2n) is 6.75. The van der Waals surface area contributed by atoms with Gasteiger partial charge in [0.15, 0.2) is 0 Å². The molecule has 0 amide bonds. The molecule has 2 unspecified atom stereocenters. The second kappa shape index (κ2) is 8.10. The number of hydrogen-bond acceptors (Lipinski definition) is 1. The lowest BCUT2D eigenvalue weighted by atomic mass is 9.99. The van der Waals surface area contributed by atoms with Crippen LogP contribution in [0.1, 0.15) is 52.5 Å². The van der Waals surface area contributed by atoms with Gasteiger partial charge in [-0.25, -0.2) is 0 Å². The number of nitrogens with zero attached hydrogens (tertiary/aromatic N) is 1. The minimum atomic E-state index is 0.522. The van der Waals surface area contributed by atoms with Crippen LogP contribution in [0, 0.1) is 5.92 Å². The molecule has 0 spiro atoms. The third kappa shape index (κ3) is 5.06. The summed E-state index contributed by atoms with van der Waals surface area (Å²) >= 11 is 0. The Morgan fingerprint density at radius 2 is 1.83 bits per heavy atom. The van der Waals surface area contributed by atoms with Gasteiger partial charge in [0.05, 0.1) is 6.04 Å². The lowest BCUT2D eigenvalue weighted by Gasteiger charge is -2.08. The number of benzene rings is 1. The number of allylic oxidation sites excluding steroid dienone is 4. The summed E-state index contributed by atoms with van der Waals surface area (Å²) < 4.78 is 0. The fourth-order valence-electron chi connectivity index (χ4n) is 2.94. The maximum Gasteiger partial charge on any atom is 0.0571 e. The molecule has 0 N–H and O–H groups in total. The van der Waals surface area contributed by atoms with Gasteiger partial charge in [-0.05, 0) is 58.1 Å². The summed E-state index contributed by atoms with van der Waals surface area (Å²) in [5, 5.41) is 0. The Hall–Kier alpha value is -1.89. The zero-order valence-corrected chi connectivity index (χ0v) is 15.0. The molecule has 1 aliphatic carbocycles. The first kappa shape index (κ1) is 17.5. The molecular weight excluding hydrogens is 278 g/mol. The predicted octanol–water partition coefficient (Wildman–Crippen LogP) is 6.24. The van der Waals surface area contributed by atoms with Crippen molar-refractivity contribution < 1.29 is 0 Å². The molecule has 1 aliphatic rings. The van der Waals surface area contributed by atoms with Crippen LogP contribution < -0.4 is 0 Å². The first-order valence-corrected chi connectivity index (χ1v) is 8.57. The van der Waals surface area contributed by atoms with Crippen LogP contribution >= 0.6 is 0 Å². The van der Waals surface area contributed by atoms with Gasteiger partial charge < -0.3 is 0 Å². The van der Waals surface area contributed by atoms with E-state index < -0.39 is 0 Å². The minimum Gasteiger partial charge on any atom is -0.290 e. The van der Waals surface area contributed by atoms with E-state index in [-0.39, 0.29) is 0 Å². The average molecular weight is 307 g/mol. The highest BCUT2D eigenvalue weighted by Gasteiger charge is 2.38. The Bertz CT molecular complexity index is 627. The summed E-state index contributed by atoms with van der Waals surface area (Å²) in [7, 11) is 0. The molecule has 0 heterocycles. The molecule has 0 bridgehead atoms. The van der Waals surface area contributed by atoms with Crippen molar-refractivity contribution in [2.75, 3.05) is 0 Å². The van der Waals surface area contributed by atoms with Crippen LogP contribution in [0.4, 0.5) is 0 Å². The highest BCUT2D eigenvalue weighted by atomic mass is 14.9. The van der Waals surface area contributed by atoms with Gasteiger partial charge in [0, 0.05) is 11.6 Å². The van der Waals surface area contributed by atoms with Crippen molar-refractivity contribution in [1.29, 1.82) is 0 Å². The van der Waals surface area contributed by atoms with Crippen LogP contribution in [-0.4, -0.2) is 11.8 Å². The third-order valence-electron chi connectivity index (χ3n) is 4.71. The first-order valence-electron chi connectivity index (χ1n) is 8.57. The lowest BCUT2D eigenvalue weighted by molar-refractivity contribution is 0.891. The Labute approximate surface area is 141 Å². The molecule has 1 heteroatoms. The summed E-state index contributed by atoms with van der Waals surface area (Å²) in [5.41, 5.74) is 6.87. The molecule has 1 nitrogen and oxygen atoms in total. The van der Waals surface area contributed by atoms with E-state index in [9.17, 15) is 0 Å². The molecule has 1 aromatic carbocycles. The van der Waals surface area contributed by atoms with Crippen LogP contribution in [-0.2, 0) is 0 Å². The quantitative estimate of drug-likeness (QED) is 0.321. The van der Waals surface area contributed by atoms with E-state index in [1.165, 1.54) is 34.4 Å². The Morgan fingerprint density at radius 3 is 2.43 bits per heavy atom. The van der Waals surface area contributed by atoms with Gasteiger partial charge in [-0.3, -0.25) is 4.99 Å².